The topological polar surface area (TPSA) is 44.1 Å². The molecule has 0 saturated carbocycles. The van der Waals surface area contributed by atoms with Gasteiger partial charge in [0.1, 0.15) is 13.1 Å². The first-order chi connectivity index (χ1) is 11.1. The number of aromatic nitrogens is 2. The molecule has 1 aromatic carbocycles. The Hall–Kier alpha value is -0.640. The minimum absolute atomic E-state index is 0. The quantitative estimate of drug-likeness (QED) is 0.248. The summed E-state index contributed by atoms with van der Waals surface area (Å²) in [4.78, 5) is 17.4. The molecule has 1 aliphatic heterocycles. The molecule has 0 N–H and O–H groups in total. The molecule has 132 valence electrons. The minimum Gasteiger partial charge on any atom is -1.00 e. The smallest absolute Gasteiger partial charge is 0.262 e. The summed E-state index contributed by atoms with van der Waals surface area (Å²) in [6, 6.07) is 7.59. The molecule has 0 spiro atoms. The van der Waals surface area contributed by atoms with Gasteiger partial charge in [0.15, 0.2) is 5.16 Å². The maximum absolute atomic E-state index is 12.8. The Balaban J connectivity index is 0.00000208. The standard InChI is InChI=1S/C17H24N3O2S.HI/c1-20(10-12-22-13-11-20)9-5-8-19-16(21)14-6-3-4-7-15(14)18-17(19)23-2;/h3-4,6-7H,5,8-13H2,1-2H3;1H/q+1;/p-1. The Morgan fingerprint density at radius 1 is 1.29 bits per heavy atom. The lowest BCUT2D eigenvalue weighted by Gasteiger charge is -2.37. The lowest BCUT2D eigenvalue weighted by atomic mass is 10.2. The molecular weight excluding hydrogens is 437 g/mol. The number of nitrogens with zero attached hydrogens (tertiary/aromatic N) is 3. The van der Waals surface area contributed by atoms with Crippen LogP contribution in [-0.2, 0) is 11.3 Å². The highest BCUT2D eigenvalue weighted by molar-refractivity contribution is 7.98. The number of benzene rings is 1. The molecule has 0 atom stereocenters. The zero-order chi connectivity index (χ0) is 16.3. The van der Waals surface area contributed by atoms with E-state index in [4.69, 9.17) is 4.74 Å². The summed E-state index contributed by atoms with van der Waals surface area (Å²) in [7, 11) is 2.28. The molecular formula is C17H24IN3O2S. The third-order valence-corrected chi connectivity index (χ3v) is 5.32. The fraction of sp³-hybridized carbons (Fsp3) is 0.529. The number of fused-ring (bicyclic) bond motifs is 1. The maximum Gasteiger partial charge on any atom is 0.262 e. The van der Waals surface area contributed by atoms with Crippen LogP contribution in [0.3, 0.4) is 0 Å². The fourth-order valence-corrected chi connectivity index (χ4v) is 3.70. The molecule has 1 fully saturated rings. The Labute approximate surface area is 164 Å². The van der Waals surface area contributed by atoms with Crippen molar-refractivity contribution in [2.75, 3.05) is 46.2 Å². The molecule has 24 heavy (non-hydrogen) atoms. The van der Waals surface area contributed by atoms with Gasteiger partial charge in [0, 0.05) is 13.0 Å². The van der Waals surface area contributed by atoms with Crippen molar-refractivity contribution in [2.24, 2.45) is 0 Å². The molecule has 5 nitrogen and oxygen atoms in total. The number of para-hydroxylation sites is 1. The van der Waals surface area contributed by atoms with Crippen molar-refractivity contribution < 1.29 is 33.2 Å². The van der Waals surface area contributed by atoms with Gasteiger partial charge in [-0.15, -0.1) is 0 Å². The van der Waals surface area contributed by atoms with Crippen molar-refractivity contribution in [1.82, 2.24) is 9.55 Å². The highest BCUT2D eigenvalue weighted by Crippen LogP contribution is 2.16. The van der Waals surface area contributed by atoms with E-state index in [0.29, 0.717) is 5.39 Å². The van der Waals surface area contributed by atoms with Gasteiger partial charge in [-0.1, -0.05) is 23.9 Å². The third kappa shape index (κ3) is 4.30. The lowest BCUT2D eigenvalue weighted by molar-refractivity contribution is -0.917. The average Bonchev–Trinajstić information content (AvgIpc) is 2.57. The van der Waals surface area contributed by atoms with Crippen LogP contribution in [0.25, 0.3) is 10.9 Å². The number of hydrogen-bond acceptors (Lipinski definition) is 4. The van der Waals surface area contributed by atoms with E-state index in [1.807, 2.05) is 35.1 Å². The molecule has 0 bridgehead atoms. The van der Waals surface area contributed by atoms with Crippen molar-refractivity contribution in [3.63, 3.8) is 0 Å². The van der Waals surface area contributed by atoms with Gasteiger partial charge < -0.3 is 33.2 Å². The van der Waals surface area contributed by atoms with E-state index in [1.54, 1.807) is 0 Å². The number of quaternary nitrogens is 1. The molecule has 2 aromatic rings. The van der Waals surface area contributed by atoms with Crippen LogP contribution in [0.15, 0.2) is 34.2 Å². The van der Waals surface area contributed by atoms with Crippen molar-refractivity contribution in [3.8, 4) is 0 Å². The van der Waals surface area contributed by atoms with Crippen LogP contribution in [0.4, 0.5) is 0 Å². The predicted molar refractivity (Wildman–Crippen MR) is 94.0 cm³/mol. The van der Waals surface area contributed by atoms with Crippen LogP contribution in [0, 0.1) is 0 Å². The Bertz CT molecular complexity index is 744. The van der Waals surface area contributed by atoms with Gasteiger partial charge in [-0.05, 0) is 18.4 Å². The second kappa shape index (κ2) is 8.64. The van der Waals surface area contributed by atoms with Gasteiger partial charge in [-0.25, -0.2) is 4.98 Å². The highest BCUT2D eigenvalue weighted by Gasteiger charge is 2.24. The zero-order valence-electron chi connectivity index (χ0n) is 14.2. The van der Waals surface area contributed by atoms with Crippen LogP contribution in [0.5, 0.6) is 0 Å². The van der Waals surface area contributed by atoms with E-state index in [9.17, 15) is 4.79 Å². The van der Waals surface area contributed by atoms with Gasteiger partial charge in [-0.2, -0.15) is 0 Å². The van der Waals surface area contributed by atoms with E-state index in [-0.39, 0.29) is 29.5 Å². The molecule has 0 aliphatic carbocycles. The molecule has 1 aliphatic rings. The number of ether oxygens (including phenoxy) is 1. The van der Waals surface area contributed by atoms with Crippen LogP contribution in [0.2, 0.25) is 0 Å². The minimum atomic E-state index is 0. The summed E-state index contributed by atoms with van der Waals surface area (Å²) < 4.78 is 8.31. The summed E-state index contributed by atoms with van der Waals surface area (Å²) in [5.41, 5.74) is 0.856. The number of rotatable bonds is 5. The highest BCUT2D eigenvalue weighted by atomic mass is 127. The number of halogens is 1. The normalized spacial score (nSPS) is 16.8. The van der Waals surface area contributed by atoms with Crippen molar-refractivity contribution in [1.29, 1.82) is 0 Å². The SMILES string of the molecule is CSc1nc2ccccc2c(=O)n1CCC[N+]1(C)CCOCC1.[I-]. The van der Waals surface area contributed by atoms with Crippen molar-refractivity contribution >= 4 is 22.7 Å². The lowest BCUT2D eigenvalue weighted by Crippen LogP contribution is -3.00. The van der Waals surface area contributed by atoms with Gasteiger partial charge >= 0.3 is 0 Å². The number of likely N-dealkylation sites (N-methyl/N-ethyl adjacent to an activating group) is 1. The maximum atomic E-state index is 12.8. The van der Waals surface area contributed by atoms with Crippen LogP contribution >= 0.6 is 11.8 Å². The van der Waals surface area contributed by atoms with Crippen molar-refractivity contribution in [2.45, 2.75) is 18.1 Å². The average molecular weight is 461 g/mol. The van der Waals surface area contributed by atoms with E-state index in [2.05, 4.69) is 12.0 Å². The van der Waals surface area contributed by atoms with Gasteiger partial charge in [0.2, 0.25) is 0 Å². The molecule has 7 heteroatoms. The van der Waals surface area contributed by atoms with Gasteiger partial charge in [0.25, 0.3) is 5.56 Å². The molecule has 3 rings (SSSR count). The summed E-state index contributed by atoms with van der Waals surface area (Å²) in [5.74, 6) is 0. The predicted octanol–water partition coefficient (Wildman–Crippen LogP) is -1.01. The second-order valence-corrected chi connectivity index (χ2v) is 7.10. The van der Waals surface area contributed by atoms with Crippen LogP contribution in [0.1, 0.15) is 6.42 Å². The Morgan fingerprint density at radius 2 is 2.00 bits per heavy atom. The molecule has 2 heterocycles. The molecule has 0 unspecified atom stereocenters. The van der Waals surface area contributed by atoms with Crippen molar-refractivity contribution in [3.05, 3.63) is 34.6 Å². The Kier molecular flexibility index (Phi) is 7.09. The van der Waals surface area contributed by atoms with E-state index in [1.165, 1.54) is 11.8 Å². The first-order valence-corrected chi connectivity index (χ1v) is 9.30. The first-order valence-electron chi connectivity index (χ1n) is 8.08. The first kappa shape index (κ1) is 19.7. The molecule has 0 radical (unpaired) electrons. The summed E-state index contributed by atoms with van der Waals surface area (Å²) in [6.07, 6.45) is 2.95. The monoisotopic (exact) mass is 461 g/mol. The van der Waals surface area contributed by atoms with Gasteiger partial charge in [0.05, 0.1) is 37.7 Å². The molecule has 1 saturated heterocycles. The number of morpholine rings is 1. The largest absolute Gasteiger partial charge is 1.00 e. The number of hydrogen-bond donors (Lipinski definition) is 0. The summed E-state index contributed by atoms with van der Waals surface area (Å²) in [5, 5.41) is 1.51. The van der Waals surface area contributed by atoms with E-state index >= 15 is 0 Å². The fourth-order valence-electron chi connectivity index (χ4n) is 3.12. The van der Waals surface area contributed by atoms with Crippen LogP contribution < -0.4 is 29.5 Å². The van der Waals surface area contributed by atoms with Gasteiger partial charge in [-0.3, -0.25) is 9.36 Å². The second-order valence-electron chi connectivity index (χ2n) is 6.33. The number of thioether (sulfide) groups is 1. The zero-order valence-corrected chi connectivity index (χ0v) is 17.2. The third-order valence-electron chi connectivity index (χ3n) is 4.64. The summed E-state index contributed by atoms with van der Waals surface area (Å²) >= 11 is 1.54. The molecule has 1 aromatic heterocycles. The van der Waals surface area contributed by atoms with Crippen LogP contribution in [-0.4, -0.2) is 60.2 Å². The Morgan fingerprint density at radius 3 is 2.71 bits per heavy atom. The molecule has 0 amide bonds. The van der Waals surface area contributed by atoms with E-state index in [0.717, 1.165) is 61.0 Å². The van der Waals surface area contributed by atoms with E-state index < -0.39 is 0 Å². The summed E-state index contributed by atoms with van der Waals surface area (Å²) in [6.45, 7) is 5.58.